The number of hydrogen-bond donors (Lipinski definition) is 0. The fourth-order valence-electron chi connectivity index (χ4n) is 2.72. The van der Waals surface area contributed by atoms with Gasteiger partial charge in [-0.3, -0.25) is 4.79 Å². The number of amides is 1. The van der Waals surface area contributed by atoms with Crippen molar-refractivity contribution in [3.05, 3.63) is 41.4 Å². The van der Waals surface area contributed by atoms with Crippen LogP contribution in [0.25, 0.3) is 0 Å². The molecule has 0 radical (unpaired) electrons. The molecule has 1 aromatic carbocycles. The van der Waals surface area contributed by atoms with E-state index in [4.69, 9.17) is 0 Å². The van der Waals surface area contributed by atoms with Crippen LogP contribution in [0.15, 0.2) is 40.1 Å². The Morgan fingerprint density at radius 3 is 2.71 bits per heavy atom. The highest BCUT2D eigenvalue weighted by Gasteiger charge is 2.35. The molecule has 1 aromatic heterocycles. The molecule has 0 saturated carbocycles. The lowest BCUT2D eigenvalue weighted by Crippen LogP contribution is -2.42. The van der Waals surface area contributed by atoms with Crippen LogP contribution in [-0.4, -0.2) is 42.6 Å². The van der Waals surface area contributed by atoms with Crippen LogP contribution in [0.1, 0.15) is 12.1 Å². The van der Waals surface area contributed by atoms with Gasteiger partial charge >= 0.3 is 0 Å². The summed E-state index contributed by atoms with van der Waals surface area (Å²) < 4.78 is 24.5. The number of aromatic nitrogens is 1. The molecule has 0 N–H and O–H groups in total. The van der Waals surface area contributed by atoms with Gasteiger partial charge in [0.25, 0.3) is 0 Å². The van der Waals surface area contributed by atoms with Crippen LogP contribution in [0, 0.1) is 6.92 Å². The second-order valence-corrected chi connectivity index (χ2v) is 10.0. The van der Waals surface area contributed by atoms with Crippen LogP contribution in [0.4, 0.5) is 5.69 Å². The lowest BCUT2D eigenvalue weighted by molar-refractivity contribution is -0.116. The van der Waals surface area contributed by atoms with E-state index < -0.39 is 9.84 Å². The predicted octanol–water partition coefficient (Wildman–Crippen LogP) is 2.76. The van der Waals surface area contributed by atoms with Crippen LogP contribution >= 0.6 is 23.1 Å². The van der Waals surface area contributed by atoms with Crippen molar-refractivity contribution in [1.82, 2.24) is 4.98 Å². The summed E-state index contributed by atoms with van der Waals surface area (Å²) in [6, 6.07) is 9.00. The van der Waals surface area contributed by atoms with Crippen LogP contribution in [-0.2, 0) is 14.6 Å². The first kappa shape index (κ1) is 17.4. The monoisotopic (exact) mass is 382 g/mol. The zero-order valence-corrected chi connectivity index (χ0v) is 15.7. The van der Waals surface area contributed by atoms with E-state index in [-0.39, 0.29) is 29.2 Å². The van der Waals surface area contributed by atoms with E-state index in [9.17, 15) is 13.2 Å². The topological polar surface area (TPSA) is 67.3 Å². The highest BCUT2D eigenvalue weighted by Crippen LogP contribution is 2.27. The van der Waals surface area contributed by atoms with Gasteiger partial charge in [0.15, 0.2) is 14.2 Å². The summed E-state index contributed by atoms with van der Waals surface area (Å²) in [5, 5.41) is 1.95. The minimum atomic E-state index is -3.06. The predicted molar refractivity (Wildman–Crippen MR) is 98.6 cm³/mol. The number of hydrogen-bond acceptors (Lipinski definition) is 6. The van der Waals surface area contributed by atoms with Crippen molar-refractivity contribution in [3.8, 4) is 0 Å². The summed E-state index contributed by atoms with van der Waals surface area (Å²) in [7, 11) is -3.06. The number of thioether (sulfide) groups is 1. The summed E-state index contributed by atoms with van der Waals surface area (Å²) in [6.07, 6.45) is 0.490. The molecule has 24 heavy (non-hydrogen) atoms. The lowest BCUT2D eigenvalue weighted by Gasteiger charge is -2.28. The molecule has 0 spiro atoms. The Kier molecular flexibility index (Phi) is 5.27. The number of carbonyl (C=O) groups is 1. The number of para-hydroxylation sites is 1. The zero-order valence-electron chi connectivity index (χ0n) is 13.2. The molecule has 2 heterocycles. The van der Waals surface area contributed by atoms with Gasteiger partial charge in [-0.1, -0.05) is 30.0 Å². The molecule has 8 heteroatoms. The third kappa shape index (κ3) is 4.17. The largest absolute Gasteiger partial charge is 0.308 e. The molecule has 3 rings (SSSR count). The summed E-state index contributed by atoms with van der Waals surface area (Å²) in [4.78, 5) is 18.8. The van der Waals surface area contributed by atoms with Gasteiger partial charge in [-0.2, -0.15) is 0 Å². The number of nitrogens with zero attached hydrogens (tertiary/aromatic N) is 2. The van der Waals surface area contributed by atoms with Gasteiger partial charge in [0.2, 0.25) is 5.91 Å². The minimum absolute atomic E-state index is 0.0364. The summed E-state index contributed by atoms with van der Waals surface area (Å²) in [5.41, 5.74) is 1.69. The van der Waals surface area contributed by atoms with E-state index in [2.05, 4.69) is 4.98 Å². The van der Waals surface area contributed by atoms with E-state index in [1.165, 1.54) is 23.1 Å². The van der Waals surface area contributed by atoms with Crippen molar-refractivity contribution in [2.24, 2.45) is 0 Å². The Bertz CT molecular complexity index is 818. The summed E-state index contributed by atoms with van der Waals surface area (Å²) in [6.45, 7) is 1.92. The Labute approximate surface area is 150 Å². The molecule has 1 fully saturated rings. The van der Waals surface area contributed by atoms with E-state index in [1.807, 2.05) is 42.6 Å². The second-order valence-electron chi connectivity index (χ2n) is 5.70. The third-order valence-electron chi connectivity index (χ3n) is 3.79. The van der Waals surface area contributed by atoms with E-state index in [0.717, 1.165) is 15.7 Å². The first-order chi connectivity index (χ1) is 11.4. The Balaban J connectivity index is 1.77. The minimum Gasteiger partial charge on any atom is -0.308 e. The van der Waals surface area contributed by atoms with E-state index in [0.29, 0.717) is 6.42 Å². The molecule has 0 aliphatic carbocycles. The van der Waals surface area contributed by atoms with Gasteiger partial charge in [0.1, 0.15) is 0 Å². The number of benzene rings is 1. The number of carbonyl (C=O) groups excluding carboxylic acids is 1. The van der Waals surface area contributed by atoms with Gasteiger partial charge in [0, 0.05) is 16.8 Å². The maximum absolute atomic E-state index is 12.8. The molecule has 1 aliphatic rings. The maximum Gasteiger partial charge on any atom is 0.237 e. The summed E-state index contributed by atoms with van der Waals surface area (Å²) >= 11 is 2.91. The van der Waals surface area contributed by atoms with Crippen molar-refractivity contribution in [2.45, 2.75) is 23.7 Å². The van der Waals surface area contributed by atoms with Crippen LogP contribution in [0.2, 0.25) is 0 Å². The first-order valence-electron chi connectivity index (χ1n) is 7.57. The number of aryl methyl sites for hydroxylation is 1. The van der Waals surface area contributed by atoms with Crippen LogP contribution in [0.5, 0.6) is 0 Å². The zero-order chi connectivity index (χ0) is 17.2. The van der Waals surface area contributed by atoms with Gasteiger partial charge in [0.05, 0.1) is 23.3 Å². The van der Waals surface area contributed by atoms with Gasteiger partial charge in [-0.15, -0.1) is 11.3 Å². The highest BCUT2D eigenvalue weighted by molar-refractivity contribution is 8.01. The molecule has 1 atom stereocenters. The quantitative estimate of drug-likeness (QED) is 0.744. The molecule has 1 unspecified atom stereocenters. The molecule has 0 bridgehead atoms. The van der Waals surface area contributed by atoms with Crippen molar-refractivity contribution in [2.75, 3.05) is 22.2 Å². The number of anilines is 1. The van der Waals surface area contributed by atoms with Crippen LogP contribution in [0.3, 0.4) is 0 Å². The fourth-order valence-corrected chi connectivity index (χ4v) is 6.13. The Morgan fingerprint density at radius 2 is 2.12 bits per heavy atom. The number of thiazole rings is 1. The molecule has 2 aromatic rings. The van der Waals surface area contributed by atoms with Crippen LogP contribution < -0.4 is 4.90 Å². The van der Waals surface area contributed by atoms with Gasteiger partial charge < -0.3 is 4.90 Å². The Morgan fingerprint density at radius 1 is 1.38 bits per heavy atom. The van der Waals surface area contributed by atoms with Crippen molar-refractivity contribution >= 4 is 44.5 Å². The molecule has 5 nitrogen and oxygen atoms in total. The molecule has 128 valence electrons. The molecule has 1 saturated heterocycles. The standard InChI is InChI=1S/C16H18N2O3S3/c1-12-9-22-16(17-12)23-10-15(19)18(13-5-3-2-4-6-13)14-7-8-24(20,21)11-14/h2-6,9,14H,7-8,10-11H2,1H3. The number of sulfone groups is 1. The molecule has 1 amide bonds. The SMILES string of the molecule is Cc1csc(SCC(=O)N(c2ccccc2)C2CCS(=O)(=O)C2)n1. The maximum atomic E-state index is 12.8. The van der Waals surface area contributed by atoms with Gasteiger partial charge in [-0.05, 0) is 25.5 Å². The third-order valence-corrected chi connectivity index (χ3v) is 7.67. The average molecular weight is 383 g/mol. The second kappa shape index (κ2) is 7.25. The average Bonchev–Trinajstić information content (AvgIpc) is 3.12. The number of rotatable bonds is 5. The van der Waals surface area contributed by atoms with E-state index >= 15 is 0 Å². The van der Waals surface area contributed by atoms with Crippen molar-refractivity contribution in [3.63, 3.8) is 0 Å². The highest BCUT2D eigenvalue weighted by atomic mass is 32.2. The van der Waals surface area contributed by atoms with Crippen molar-refractivity contribution < 1.29 is 13.2 Å². The van der Waals surface area contributed by atoms with Gasteiger partial charge in [-0.25, -0.2) is 13.4 Å². The molecule has 1 aliphatic heterocycles. The first-order valence-corrected chi connectivity index (χ1v) is 11.3. The lowest BCUT2D eigenvalue weighted by atomic mass is 10.2. The summed E-state index contributed by atoms with van der Waals surface area (Å²) in [5.74, 6) is 0.348. The molecular formula is C16H18N2O3S3. The smallest absolute Gasteiger partial charge is 0.237 e. The van der Waals surface area contributed by atoms with Crippen molar-refractivity contribution in [1.29, 1.82) is 0 Å². The fraction of sp³-hybridized carbons (Fsp3) is 0.375. The Hall–Kier alpha value is -1.38. The molecular weight excluding hydrogens is 364 g/mol. The van der Waals surface area contributed by atoms with E-state index in [1.54, 1.807) is 4.90 Å². The normalized spacial score (nSPS) is 19.3.